The number of aromatic nitrogens is 4. The second kappa shape index (κ2) is 5.09. The molecule has 0 saturated heterocycles. The average Bonchev–Trinajstić information content (AvgIpc) is 3.24. The molecule has 4 nitrogen and oxygen atoms in total. The molecule has 26 heavy (non-hydrogen) atoms. The average molecular weight is 352 g/mol. The predicted molar refractivity (Wildman–Crippen MR) is 107 cm³/mol. The van der Waals surface area contributed by atoms with E-state index >= 15 is 0 Å². The van der Waals surface area contributed by atoms with Crippen LogP contribution in [-0.2, 0) is 0 Å². The molecule has 0 atom stereocenters. The molecule has 5 heteroatoms. The van der Waals surface area contributed by atoms with Crippen molar-refractivity contribution in [1.82, 2.24) is 19.5 Å². The van der Waals surface area contributed by atoms with Gasteiger partial charge in [0.2, 0.25) is 0 Å². The zero-order valence-corrected chi connectivity index (χ0v) is 14.4. The Balaban J connectivity index is 1.89. The number of fused-ring (bicyclic) bond motifs is 7. The summed E-state index contributed by atoms with van der Waals surface area (Å²) in [7, 11) is 0. The van der Waals surface area contributed by atoms with Gasteiger partial charge in [-0.2, -0.15) is 0 Å². The lowest BCUT2D eigenvalue weighted by Crippen LogP contribution is -1.96. The molecular formula is C21H12N4S. The Kier molecular flexibility index (Phi) is 2.73. The van der Waals surface area contributed by atoms with Crippen molar-refractivity contribution in [3.8, 4) is 5.82 Å². The number of thiophene rings is 1. The maximum absolute atomic E-state index is 4.72. The minimum absolute atomic E-state index is 0.855. The molecule has 0 aliphatic carbocycles. The van der Waals surface area contributed by atoms with Gasteiger partial charge in [-0.1, -0.05) is 24.3 Å². The molecule has 0 N–H and O–H groups in total. The molecule has 6 rings (SSSR count). The second-order valence-corrected chi connectivity index (χ2v) is 7.26. The van der Waals surface area contributed by atoms with Crippen LogP contribution in [0.4, 0.5) is 0 Å². The molecule has 122 valence electrons. The van der Waals surface area contributed by atoms with Crippen molar-refractivity contribution in [3.05, 3.63) is 73.3 Å². The van der Waals surface area contributed by atoms with Gasteiger partial charge < -0.3 is 0 Å². The highest BCUT2D eigenvalue weighted by Crippen LogP contribution is 2.42. The van der Waals surface area contributed by atoms with Crippen LogP contribution in [0.15, 0.2) is 73.3 Å². The standard InChI is InChI=1S/C21H12N4S/c1-2-6-17-13(4-1)14-7-8-15-19(21(14)26-17)20-16(5-3-10-23-20)25(15)18-9-11-22-12-24-18/h1-12H. The van der Waals surface area contributed by atoms with E-state index in [9.17, 15) is 0 Å². The SMILES string of the molecule is c1ccc2c(c1)sc1c2ccc2c1c1ncccc1n2-c1ccncn1. The number of nitrogens with zero attached hydrogens (tertiary/aromatic N) is 4. The van der Waals surface area contributed by atoms with E-state index < -0.39 is 0 Å². The lowest BCUT2D eigenvalue weighted by Gasteiger charge is -2.05. The summed E-state index contributed by atoms with van der Waals surface area (Å²) in [6, 6.07) is 19.0. The molecule has 2 aromatic carbocycles. The Labute approximate surface area is 152 Å². The highest BCUT2D eigenvalue weighted by molar-refractivity contribution is 7.26. The molecule has 0 bridgehead atoms. The molecule has 0 aliphatic rings. The van der Waals surface area contributed by atoms with E-state index in [0.717, 1.165) is 22.4 Å². The Morgan fingerprint density at radius 3 is 2.65 bits per heavy atom. The molecule has 0 fully saturated rings. The van der Waals surface area contributed by atoms with Crippen LogP contribution in [0.1, 0.15) is 0 Å². The lowest BCUT2D eigenvalue weighted by molar-refractivity contribution is 1.04. The van der Waals surface area contributed by atoms with Gasteiger partial charge in [0.15, 0.2) is 0 Å². The number of hydrogen-bond acceptors (Lipinski definition) is 4. The van der Waals surface area contributed by atoms with Crippen LogP contribution in [0, 0.1) is 0 Å². The molecule has 0 aliphatic heterocycles. The van der Waals surface area contributed by atoms with E-state index in [-0.39, 0.29) is 0 Å². The van der Waals surface area contributed by atoms with Crippen molar-refractivity contribution < 1.29 is 0 Å². The highest BCUT2D eigenvalue weighted by atomic mass is 32.1. The van der Waals surface area contributed by atoms with Gasteiger partial charge in [-0.3, -0.25) is 9.55 Å². The van der Waals surface area contributed by atoms with Gasteiger partial charge in [0.1, 0.15) is 12.1 Å². The zero-order valence-electron chi connectivity index (χ0n) is 13.6. The summed E-state index contributed by atoms with van der Waals surface area (Å²) in [6.45, 7) is 0. The van der Waals surface area contributed by atoms with Crippen LogP contribution in [0.2, 0.25) is 0 Å². The Bertz CT molecular complexity index is 1430. The number of rotatable bonds is 1. The summed E-state index contributed by atoms with van der Waals surface area (Å²) in [6.07, 6.45) is 5.22. The molecule has 6 aromatic rings. The van der Waals surface area contributed by atoms with E-state index in [1.807, 2.05) is 29.7 Å². The van der Waals surface area contributed by atoms with E-state index in [0.29, 0.717) is 0 Å². The van der Waals surface area contributed by atoms with E-state index in [1.54, 1.807) is 12.5 Å². The van der Waals surface area contributed by atoms with E-state index in [4.69, 9.17) is 4.98 Å². The fourth-order valence-corrected chi connectivity index (χ4v) is 5.00. The predicted octanol–water partition coefficient (Wildman–Crippen LogP) is 5.34. The topological polar surface area (TPSA) is 43.6 Å². The van der Waals surface area contributed by atoms with Crippen LogP contribution >= 0.6 is 11.3 Å². The molecule has 4 aromatic heterocycles. The van der Waals surface area contributed by atoms with Crippen LogP contribution in [-0.4, -0.2) is 19.5 Å². The van der Waals surface area contributed by atoms with E-state index in [1.165, 1.54) is 25.6 Å². The fourth-order valence-electron chi connectivity index (χ4n) is 3.76. The quantitative estimate of drug-likeness (QED) is 0.401. The molecular weight excluding hydrogens is 340 g/mol. The summed E-state index contributed by atoms with van der Waals surface area (Å²) in [5.41, 5.74) is 3.20. The lowest BCUT2D eigenvalue weighted by atomic mass is 10.1. The Hall–Kier alpha value is -3.31. The third kappa shape index (κ3) is 1.75. The van der Waals surface area contributed by atoms with Crippen molar-refractivity contribution in [2.75, 3.05) is 0 Å². The molecule has 0 amide bonds. The summed E-state index contributed by atoms with van der Waals surface area (Å²) in [5, 5.41) is 3.77. The van der Waals surface area contributed by atoms with Gasteiger partial charge in [-0.25, -0.2) is 9.97 Å². The number of benzene rings is 2. The summed E-state index contributed by atoms with van der Waals surface area (Å²) < 4.78 is 4.75. The summed E-state index contributed by atoms with van der Waals surface area (Å²) in [5.74, 6) is 0.855. The Morgan fingerprint density at radius 1 is 0.769 bits per heavy atom. The first-order valence-electron chi connectivity index (χ1n) is 8.37. The van der Waals surface area contributed by atoms with Crippen molar-refractivity contribution >= 4 is 53.4 Å². The Morgan fingerprint density at radius 2 is 1.73 bits per heavy atom. The largest absolute Gasteiger partial charge is 0.292 e. The fraction of sp³-hybridized carbons (Fsp3) is 0. The second-order valence-electron chi connectivity index (χ2n) is 6.21. The van der Waals surface area contributed by atoms with Gasteiger partial charge >= 0.3 is 0 Å². The van der Waals surface area contributed by atoms with Crippen LogP contribution in [0.25, 0.3) is 47.9 Å². The first-order valence-corrected chi connectivity index (χ1v) is 9.19. The van der Waals surface area contributed by atoms with Gasteiger partial charge in [0, 0.05) is 38.0 Å². The number of pyridine rings is 1. The van der Waals surface area contributed by atoms with Crippen LogP contribution in [0.3, 0.4) is 0 Å². The van der Waals surface area contributed by atoms with Crippen LogP contribution in [0.5, 0.6) is 0 Å². The van der Waals surface area contributed by atoms with Crippen molar-refractivity contribution in [2.45, 2.75) is 0 Å². The molecule has 4 heterocycles. The highest BCUT2D eigenvalue weighted by Gasteiger charge is 2.18. The first kappa shape index (κ1) is 13.9. The van der Waals surface area contributed by atoms with Gasteiger partial charge in [0.05, 0.1) is 16.6 Å². The maximum atomic E-state index is 4.72. The summed E-state index contributed by atoms with van der Waals surface area (Å²) in [4.78, 5) is 13.2. The van der Waals surface area contributed by atoms with E-state index in [2.05, 4.69) is 57.0 Å². The smallest absolute Gasteiger partial charge is 0.141 e. The van der Waals surface area contributed by atoms with Gasteiger partial charge in [0.25, 0.3) is 0 Å². The minimum atomic E-state index is 0.855. The third-order valence-electron chi connectivity index (χ3n) is 4.83. The van der Waals surface area contributed by atoms with Crippen LogP contribution < -0.4 is 0 Å². The normalized spacial score (nSPS) is 11.8. The van der Waals surface area contributed by atoms with Crippen molar-refractivity contribution in [2.24, 2.45) is 0 Å². The number of hydrogen-bond donors (Lipinski definition) is 0. The third-order valence-corrected chi connectivity index (χ3v) is 6.03. The monoisotopic (exact) mass is 352 g/mol. The minimum Gasteiger partial charge on any atom is -0.292 e. The van der Waals surface area contributed by atoms with Crippen molar-refractivity contribution in [3.63, 3.8) is 0 Å². The van der Waals surface area contributed by atoms with Gasteiger partial charge in [-0.05, 0) is 30.3 Å². The molecule has 0 saturated carbocycles. The molecule has 0 radical (unpaired) electrons. The first-order chi connectivity index (χ1) is 12.9. The maximum Gasteiger partial charge on any atom is 0.141 e. The summed E-state index contributed by atoms with van der Waals surface area (Å²) >= 11 is 1.83. The van der Waals surface area contributed by atoms with Gasteiger partial charge in [-0.15, -0.1) is 11.3 Å². The van der Waals surface area contributed by atoms with Crippen molar-refractivity contribution in [1.29, 1.82) is 0 Å². The zero-order chi connectivity index (χ0) is 17.1. The molecule has 0 spiro atoms. The molecule has 0 unspecified atom stereocenters.